The summed E-state index contributed by atoms with van der Waals surface area (Å²) in [7, 11) is 4.07. The van der Waals surface area contributed by atoms with E-state index in [0.717, 1.165) is 24.9 Å². The van der Waals surface area contributed by atoms with Gasteiger partial charge < -0.3 is 10.0 Å². The maximum Gasteiger partial charge on any atom is 0.120 e. The van der Waals surface area contributed by atoms with E-state index >= 15 is 0 Å². The third-order valence-electron chi connectivity index (χ3n) is 2.13. The van der Waals surface area contributed by atoms with Gasteiger partial charge in [-0.25, -0.2) is 0 Å². The summed E-state index contributed by atoms with van der Waals surface area (Å²) in [5.41, 5.74) is 0.857. The fourth-order valence-corrected chi connectivity index (χ4v) is 1.63. The lowest BCUT2D eigenvalue weighted by Gasteiger charge is -2.10. The Kier molecular flexibility index (Phi) is 4.23. The average Bonchev–Trinajstić information content (AvgIpc) is 2.09. The first-order valence-electron chi connectivity index (χ1n) is 4.72. The number of benzene rings is 1. The summed E-state index contributed by atoms with van der Waals surface area (Å²) in [6.07, 6.45) is 1.83. The van der Waals surface area contributed by atoms with Crippen LogP contribution >= 0.6 is 11.6 Å². The minimum Gasteiger partial charge on any atom is -0.508 e. The Hall–Kier alpha value is -0.730. The number of phenolic OH excluding ortho intramolecular Hbond substituents is 1. The molecule has 0 radical (unpaired) electrons. The van der Waals surface area contributed by atoms with E-state index in [1.54, 1.807) is 12.1 Å². The van der Waals surface area contributed by atoms with Gasteiger partial charge in [-0.15, -0.1) is 0 Å². The van der Waals surface area contributed by atoms with Crippen molar-refractivity contribution in [3.63, 3.8) is 0 Å². The minimum atomic E-state index is 0.302. The molecule has 3 heteroatoms. The molecular formula is C11H16ClNO. The summed E-state index contributed by atoms with van der Waals surface area (Å²) in [5, 5.41) is 10.2. The molecule has 1 rings (SSSR count). The second-order valence-corrected chi connectivity index (χ2v) is 4.05. The molecule has 2 nitrogen and oxygen atoms in total. The molecule has 0 saturated carbocycles. The van der Waals surface area contributed by atoms with Crippen LogP contribution in [0, 0.1) is 0 Å². The maximum absolute atomic E-state index is 9.56. The molecule has 14 heavy (non-hydrogen) atoms. The van der Waals surface area contributed by atoms with E-state index in [1.807, 2.05) is 20.2 Å². The van der Waals surface area contributed by atoms with E-state index in [4.69, 9.17) is 11.6 Å². The van der Waals surface area contributed by atoms with Crippen molar-refractivity contribution < 1.29 is 5.11 Å². The van der Waals surface area contributed by atoms with Crippen molar-refractivity contribution in [2.45, 2.75) is 12.8 Å². The Bertz CT molecular complexity index is 279. The zero-order chi connectivity index (χ0) is 10.6. The molecule has 0 spiro atoms. The molecule has 0 amide bonds. The third-order valence-corrected chi connectivity index (χ3v) is 2.48. The molecule has 0 aliphatic heterocycles. The fourth-order valence-electron chi connectivity index (χ4n) is 1.37. The van der Waals surface area contributed by atoms with Gasteiger partial charge in [0.1, 0.15) is 5.75 Å². The number of rotatable bonds is 4. The lowest BCUT2D eigenvalue weighted by atomic mass is 10.1. The normalized spacial score (nSPS) is 10.9. The van der Waals surface area contributed by atoms with Gasteiger partial charge in [-0.1, -0.05) is 17.7 Å². The van der Waals surface area contributed by atoms with Crippen molar-refractivity contribution in [3.8, 4) is 5.75 Å². The van der Waals surface area contributed by atoms with Crippen molar-refractivity contribution in [1.82, 2.24) is 4.90 Å². The summed E-state index contributed by atoms with van der Waals surface area (Å²) in [6, 6.07) is 5.25. The number of hydrogen-bond acceptors (Lipinski definition) is 2. The first-order chi connectivity index (χ1) is 6.61. The van der Waals surface area contributed by atoms with Crippen LogP contribution in [0.5, 0.6) is 5.75 Å². The van der Waals surface area contributed by atoms with Crippen molar-refractivity contribution in [2.75, 3.05) is 20.6 Å². The van der Waals surface area contributed by atoms with Crippen molar-refractivity contribution >= 4 is 11.6 Å². The summed E-state index contributed by atoms with van der Waals surface area (Å²) in [4.78, 5) is 2.12. The first-order valence-corrected chi connectivity index (χ1v) is 5.10. The molecule has 0 atom stereocenters. The molecule has 78 valence electrons. The van der Waals surface area contributed by atoms with Gasteiger partial charge in [0.05, 0.1) is 0 Å². The second kappa shape index (κ2) is 5.23. The van der Waals surface area contributed by atoms with E-state index in [-0.39, 0.29) is 0 Å². The van der Waals surface area contributed by atoms with Gasteiger partial charge in [0, 0.05) is 10.6 Å². The monoisotopic (exact) mass is 213 g/mol. The summed E-state index contributed by atoms with van der Waals surface area (Å²) < 4.78 is 0. The van der Waals surface area contributed by atoms with Gasteiger partial charge in [0.15, 0.2) is 0 Å². The Balaban J connectivity index is 2.58. The van der Waals surface area contributed by atoms with Crippen LogP contribution in [0.4, 0.5) is 0 Å². The molecular weight excluding hydrogens is 198 g/mol. The topological polar surface area (TPSA) is 23.5 Å². The van der Waals surface area contributed by atoms with Crippen molar-refractivity contribution in [2.24, 2.45) is 0 Å². The van der Waals surface area contributed by atoms with Gasteiger partial charge in [0.2, 0.25) is 0 Å². The number of nitrogens with zero attached hydrogens (tertiary/aromatic N) is 1. The molecule has 0 saturated heterocycles. The molecule has 0 aliphatic rings. The summed E-state index contributed by atoms with van der Waals surface area (Å²) >= 11 is 5.97. The highest BCUT2D eigenvalue weighted by Gasteiger charge is 2.05. The maximum atomic E-state index is 9.56. The largest absolute Gasteiger partial charge is 0.508 e. The number of aromatic hydroxyl groups is 1. The Morgan fingerprint density at radius 2 is 2.07 bits per heavy atom. The highest BCUT2D eigenvalue weighted by atomic mass is 35.5. The second-order valence-electron chi connectivity index (χ2n) is 3.64. The highest BCUT2D eigenvalue weighted by molar-refractivity contribution is 6.31. The number of halogens is 1. The Morgan fingerprint density at radius 3 is 2.64 bits per heavy atom. The van der Waals surface area contributed by atoms with Gasteiger partial charge in [-0.2, -0.15) is 0 Å². The number of phenols is 1. The molecule has 0 heterocycles. The van der Waals surface area contributed by atoms with E-state index in [0.29, 0.717) is 10.8 Å². The Labute approximate surface area is 90.1 Å². The lowest BCUT2D eigenvalue weighted by Crippen LogP contribution is -2.13. The molecule has 0 bridgehead atoms. The van der Waals surface area contributed by atoms with Crippen LogP contribution in [0.2, 0.25) is 5.02 Å². The zero-order valence-corrected chi connectivity index (χ0v) is 9.38. The molecule has 0 fully saturated rings. The third kappa shape index (κ3) is 3.20. The molecule has 1 N–H and O–H groups in total. The van der Waals surface area contributed by atoms with Crippen molar-refractivity contribution in [1.29, 1.82) is 0 Å². The summed E-state index contributed by atoms with van der Waals surface area (Å²) in [5.74, 6) is 0.302. The highest BCUT2D eigenvalue weighted by Crippen LogP contribution is 2.26. The van der Waals surface area contributed by atoms with E-state index in [1.165, 1.54) is 0 Å². The van der Waals surface area contributed by atoms with Crippen LogP contribution in [-0.2, 0) is 6.42 Å². The van der Waals surface area contributed by atoms with Crippen molar-refractivity contribution in [3.05, 3.63) is 28.8 Å². The number of hydrogen-bond donors (Lipinski definition) is 1. The zero-order valence-electron chi connectivity index (χ0n) is 8.63. The lowest BCUT2D eigenvalue weighted by molar-refractivity contribution is 0.397. The quantitative estimate of drug-likeness (QED) is 0.831. The van der Waals surface area contributed by atoms with Gasteiger partial charge in [-0.05, 0) is 45.6 Å². The van der Waals surface area contributed by atoms with Gasteiger partial charge in [-0.3, -0.25) is 0 Å². The van der Waals surface area contributed by atoms with Crippen LogP contribution in [0.3, 0.4) is 0 Å². The van der Waals surface area contributed by atoms with E-state index < -0.39 is 0 Å². The van der Waals surface area contributed by atoms with Crippen LogP contribution in [-0.4, -0.2) is 30.6 Å². The summed E-state index contributed by atoms with van der Waals surface area (Å²) in [6.45, 7) is 1.00. The van der Waals surface area contributed by atoms with E-state index in [2.05, 4.69) is 4.90 Å². The molecule has 1 aromatic rings. The predicted octanol–water partition coefficient (Wildman–Crippen LogP) is 2.54. The van der Waals surface area contributed by atoms with Crippen LogP contribution in [0.1, 0.15) is 12.0 Å². The predicted molar refractivity (Wildman–Crippen MR) is 60.0 cm³/mol. The molecule has 1 aromatic carbocycles. The SMILES string of the molecule is CN(C)CCCc1c(O)cccc1Cl. The fraction of sp³-hybridized carbons (Fsp3) is 0.455. The first kappa shape index (κ1) is 11.3. The van der Waals surface area contributed by atoms with Crippen LogP contribution in [0.15, 0.2) is 18.2 Å². The average molecular weight is 214 g/mol. The van der Waals surface area contributed by atoms with Gasteiger partial charge >= 0.3 is 0 Å². The van der Waals surface area contributed by atoms with Crippen LogP contribution < -0.4 is 0 Å². The molecule has 0 aliphatic carbocycles. The molecule has 0 aromatic heterocycles. The van der Waals surface area contributed by atoms with Crippen LogP contribution in [0.25, 0.3) is 0 Å². The van der Waals surface area contributed by atoms with E-state index in [9.17, 15) is 5.11 Å². The molecule has 0 unspecified atom stereocenters. The van der Waals surface area contributed by atoms with Gasteiger partial charge in [0.25, 0.3) is 0 Å². The smallest absolute Gasteiger partial charge is 0.120 e. The standard InChI is InChI=1S/C11H16ClNO/c1-13(2)8-4-5-9-10(12)6-3-7-11(9)14/h3,6-7,14H,4-5,8H2,1-2H3. The minimum absolute atomic E-state index is 0.302. The Morgan fingerprint density at radius 1 is 1.36 bits per heavy atom.